The molecule has 3 rings (SSSR count). The average Bonchev–Trinajstić information content (AvgIpc) is 2.72. The van der Waals surface area contributed by atoms with Crippen LogP contribution in [0.2, 0.25) is 0 Å². The van der Waals surface area contributed by atoms with Gasteiger partial charge < -0.3 is 20.4 Å². The summed E-state index contributed by atoms with van der Waals surface area (Å²) in [6, 6.07) is 14.1. The second-order valence-corrected chi connectivity index (χ2v) is 6.84. The molecule has 2 aromatic carbocycles. The van der Waals surface area contributed by atoms with Crippen LogP contribution in [0.15, 0.2) is 48.5 Å². The zero-order valence-electron chi connectivity index (χ0n) is 16.0. The third-order valence-electron chi connectivity index (χ3n) is 4.80. The average molecular weight is 384 g/mol. The number of piperazine rings is 1. The second-order valence-electron chi connectivity index (χ2n) is 6.84. The standard InChI is InChI=1S/C21H25FN4O2/c1-16-6-8-17(9-7-16)14-23-21(28)24-15-20(27)26-12-10-25(11-13-26)19-5-3-2-4-18(19)22/h2-9H,10-15H2,1H3,(H2,23,24,28). The lowest BCUT2D eigenvalue weighted by Crippen LogP contribution is -2.52. The maximum atomic E-state index is 13.9. The van der Waals surface area contributed by atoms with Gasteiger partial charge in [-0.2, -0.15) is 0 Å². The monoisotopic (exact) mass is 384 g/mol. The number of aryl methyl sites for hydroxylation is 1. The molecule has 7 heteroatoms. The molecule has 0 aliphatic carbocycles. The molecule has 0 saturated carbocycles. The van der Waals surface area contributed by atoms with Gasteiger partial charge in [0.25, 0.3) is 0 Å². The molecule has 1 aliphatic rings. The number of hydrogen-bond donors (Lipinski definition) is 2. The zero-order chi connectivity index (χ0) is 19.9. The van der Waals surface area contributed by atoms with Crippen LogP contribution < -0.4 is 15.5 Å². The first-order chi connectivity index (χ1) is 13.5. The minimum Gasteiger partial charge on any atom is -0.366 e. The van der Waals surface area contributed by atoms with Crippen LogP contribution in [-0.2, 0) is 11.3 Å². The Morgan fingerprint density at radius 1 is 0.964 bits per heavy atom. The maximum absolute atomic E-state index is 13.9. The van der Waals surface area contributed by atoms with Crippen LogP contribution in [0.4, 0.5) is 14.9 Å². The Kier molecular flexibility index (Phi) is 6.47. The molecule has 1 saturated heterocycles. The number of hydrogen-bond acceptors (Lipinski definition) is 3. The lowest BCUT2D eigenvalue weighted by Gasteiger charge is -2.36. The fraction of sp³-hybridized carbons (Fsp3) is 0.333. The summed E-state index contributed by atoms with van der Waals surface area (Å²) >= 11 is 0. The van der Waals surface area contributed by atoms with Crippen LogP contribution >= 0.6 is 0 Å². The van der Waals surface area contributed by atoms with Crippen molar-refractivity contribution in [1.29, 1.82) is 0 Å². The first-order valence-corrected chi connectivity index (χ1v) is 9.37. The van der Waals surface area contributed by atoms with E-state index in [0.29, 0.717) is 38.4 Å². The molecule has 0 atom stereocenters. The van der Waals surface area contributed by atoms with E-state index in [1.165, 1.54) is 6.07 Å². The van der Waals surface area contributed by atoms with E-state index in [1.54, 1.807) is 23.1 Å². The highest BCUT2D eigenvalue weighted by Crippen LogP contribution is 2.20. The van der Waals surface area contributed by atoms with Crippen molar-refractivity contribution in [3.63, 3.8) is 0 Å². The third kappa shape index (κ3) is 5.22. The van der Waals surface area contributed by atoms with Crippen molar-refractivity contribution < 1.29 is 14.0 Å². The molecule has 0 unspecified atom stereocenters. The van der Waals surface area contributed by atoms with Crippen LogP contribution in [0, 0.1) is 12.7 Å². The molecule has 1 fully saturated rings. The summed E-state index contributed by atoms with van der Waals surface area (Å²) in [6.07, 6.45) is 0. The lowest BCUT2D eigenvalue weighted by molar-refractivity contribution is -0.130. The quantitative estimate of drug-likeness (QED) is 0.831. The van der Waals surface area contributed by atoms with E-state index in [1.807, 2.05) is 36.1 Å². The summed E-state index contributed by atoms with van der Waals surface area (Å²) in [5.74, 6) is -0.395. The van der Waals surface area contributed by atoms with Gasteiger partial charge in [0.1, 0.15) is 5.82 Å². The van der Waals surface area contributed by atoms with Crippen molar-refractivity contribution in [2.24, 2.45) is 0 Å². The number of halogens is 1. The highest BCUT2D eigenvalue weighted by molar-refractivity contribution is 5.84. The van der Waals surface area contributed by atoms with E-state index >= 15 is 0 Å². The third-order valence-corrected chi connectivity index (χ3v) is 4.80. The highest BCUT2D eigenvalue weighted by Gasteiger charge is 2.22. The molecule has 3 amide bonds. The molecular weight excluding hydrogens is 359 g/mol. The van der Waals surface area contributed by atoms with Gasteiger partial charge in [0, 0.05) is 32.7 Å². The number of carbonyl (C=O) groups is 2. The van der Waals surface area contributed by atoms with Crippen LogP contribution in [-0.4, -0.2) is 49.6 Å². The van der Waals surface area contributed by atoms with E-state index in [4.69, 9.17) is 0 Å². The molecule has 1 heterocycles. The fourth-order valence-corrected chi connectivity index (χ4v) is 3.12. The van der Waals surface area contributed by atoms with E-state index in [-0.39, 0.29) is 24.3 Å². The molecule has 28 heavy (non-hydrogen) atoms. The van der Waals surface area contributed by atoms with Crippen LogP contribution in [0.5, 0.6) is 0 Å². The van der Waals surface area contributed by atoms with E-state index in [9.17, 15) is 14.0 Å². The number of nitrogens with one attached hydrogen (secondary N) is 2. The Morgan fingerprint density at radius 2 is 1.64 bits per heavy atom. The maximum Gasteiger partial charge on any atom is 0.315 e. The minimum atomic E-state index is -0.376. The van der Waals surface area contributed by atoms with Gasteiger partial charge in [-0.1, -0.05) is 42.0 Å². The zero-order valence-corrected chi connectivity index (χ0v) is 16.0. The van der Waals surface area contributed by atoms with Gasteiger partial charge in [-0.05, 0) is 24.6 Å². The van der Waals surface area contributed by atoms with Crippen molar-refractivity contribution in [2.45, 2.75) is 13.5 Å². The van der Waals surface area contributed by atoms with Crippen molar-refractivity contribution in [1.82, 2.24) is 15.5 Å². The number of benzene rings is 2. The molecule has 0 spiro atoms. The Hall–Kier alpha value is -3.09. The summed E-state index contributed by atoms with van der Waals surface area (Å²) in [4.78, 5) is 27.8. The minimum absolute atomic E-state index is 0.0561. The van der Waals surface area contributed by atoms with Gasteiger partial charge in [0.05, 0.1) is 12.2 Å². The molecule has 2 aromatic rings. The van der Waals surface area contributed by atoms with Gasteiger partial charge in [-0.15, -0.1) is 0 Å². The van der Waals surface area contributed by atoms with Crippen molar-refractivity contribution in [3.05, 3.63) is 65.5 Å². The number of urea groups is 1. The van der Waals surface area contributed by atoms with E-state index in [2.05, 4.69) is 10.6 Å². The summed E-state index contributed by atoms with van der Waals surface area (Å²) in [5, 5.41) is 5.34. The molecule has 2 N–H and O–H groups in total. The summed E-state index contributed by atoms with van der Waals surface area (Å²) in [6.45, 7) is 4.48. The van der Waals surface area contributed by atoms with E-state index in [0.717, 1.165) is 11.1 Å². The normalized spacial score (nSPS) is 13.9. The molecule has 0 bridgehead atoms. The summed E-state index contributed by atoms with van der Waals surface area (Å²) in [7, 11) is 0. The van der Waals surface area contributed by atoms with Crippen molar-refractivity contribution in [3.8, 4) is 0 Å². The molecule has 0 radical (unpaired) electrons. The molecular formula is C21H25FN4O2. The van der Waals surface area contributed by atoms with Crippen molar-refractivity contribution >= 4 is 17.6 Å². The molecule has 1 aliphatic heterocycles. The Balaban J connectivity index is 1.39. The number of para-hydroxylation sites is 1. The number of carbonyl (C=O) groups excluding carboxylic acids is 2. The van der Waals surface area contributed by atoms with Gasteiger partial charge in [0.15, 0.2) is 0 Å². The summed E-state index contributed by atoms with van der Waals surface area (Å²) < 4.78 is 13.9. The molecule has 148 valence electrons. The highest BCUT2D eigenvalue weighted by atomic mass is 19.1. The lowest BCUT2D eigenvalue weighted by atomic mass is 10.1. The predicted molar refractivity (Wildman–Crippen MR) is 107 cm³/mol. The SMILES string of the molecule is Cc1ccc(CNC(=O)NCC(=O)N2CCN(c3ccccc3F)CC2)cc1. The Bertz CT molecular complexity index is 817. The largest absolute Gasteiger partial charge is 0.366 e. The first kappa shape index (κ1) is 19.7. The predicted octanol–water partition coefficient (Wildman–Crippen LogP) is 2.28. The van der Waals surface area contributed by atoms with Gasteiger partial charge >= 0.3 is 6.03 Å². The van der Waals surface area contributed by atoms with Crippen LogP contribution in [0.25, 0.3) is 0 Å². The summed E-state index contributed by atoms with van der Waals surface area (Å²) in [5.41, 5.74) is 2.72. The smallest absolute Gasteiger partial charge is 0.315 e. The second kappa shape index (κ2) is 9.21. The van der Waals surface area contributed by atoms with Gasteiger partial charge in [0.2, 0.25) is 5.91 Å². The first-order valence-electron chi connectivity index (χ1n) is 9.37. The number of anilines is 1. The van der Waals surface area contributed by atoms with Crippen LogP contribution in [0.3, 0.4) is 0 Å². The molecule has 0 aromatic heterocycles. The van der Waals surface area contributed by atoms with E-state index < -0.39 is 0 Å². The number of amides is 3. The van der Waals surface area contributed by atoms with Gasteiger partial charge in [-0.25, -0.2) is 9.18 Å². The Labute approximate surface area is 164 Å². The fourth-order valence-electron chi connectivity index (χ4n) is 3.12. The molecule has 6 nitrogen and oxygen atoms in total. The Morgan fingerprint density at radius 3 is 2.32 bits per heavy atom. The number of nitrogens with zero attached hydrogens (tertiary/aromatic N) is 2. The topological polar surface area (TPSA) is 64.7 Å². The van der Waals surface area contributed by atoms with Crippen molar-refractivity contribution in [2.75, 3.05) is 37.6 Å². The number of rotatable bonds is 5. The van der Waals surface area contributed by atoms with Gasteiger partial charge in [-0.3, -0.25) is 4.79 Å². The van der Waals surface area contributed by atoms with Crippen LogP contribution in [0.1, 0.15) is 11.1 Å².